The zero-order valence-corrected chi connectivity index (χ0v) is 10.4. The van der Waals surface area contributed by atoms with Crippen LogP contribution in [0.4, 0.5) is 11.6 Å². The molecule has 0 fully saturated rings. The molecule has 1 heterocycles. The summed E-state index contributed by atoms with van der Waals surface area (Å²) in [4.78, 5) is 8.06. The molecule has 96 valence electrons. The predicted molar refractivity (Wildman–Crippen MR) is 71.5 cm³/mol. The van der Waals surface area contributed by atoms with Crippen LogP contribution in [0, 0.1) is 11.3 Å². The van der Waals surface area contributed by atoms with Gasteiger partial charge in [-0.05, 0) is 24.3 Å². The number of hydrogen-bond donors (Lipinski definition) is 2. The van der Waals surface area contributed by atoms with Crippen LogP contribution < -0.4 is 15.8 Å². The number of aromatic nitrogens is 2. The fraction of sp³-hybridized carbons (Fsp3) is 0.154. The molecule has 1 aromatic heterocycles. The Hall–Kier alpha value is -2.81. The van der Waals surface area contributed by atoms with Gasteiger partial charge in [-0.1, -0.05) is 0 Å². The van der Waals surface area contributed by atoms with Crippen molar-refractivity contribution in [3.63, 3.8) is 0 Å². The van der Waals surface area contributed by atoms with Gasteiger partial charge in [-0.25, -0.2) is 9.97 Å². The van der Waals surface area contributed by atoms with E-state index in [1.807, 2.05) is 12.1 Å². The van der Waals surface area contributed by atoms with E-state index in [-0.39, 0.29) is 0 Å². The number of anilines is 2. The average Bonchev–Trinajstić information content (AvgIpc) is 2.45. The van der Waals surface area contributed by atoms with Crippen molar-refractivity contribution >= 4 is 11.6 Å². The molecule has 0 unspecified atom stereocenters. The Morgan fingerprint density at radius 3 is 3.00 bits per heavy atom. The summed E-state index contributed by atoms with van der Waals surface area (Å²) in [6, 6.07) is 8.91. The molecule has 0 aliphatic heterocycles. The van der Waals surface area contributed by atoms with E-state index in [2.05, 4.69) is 15.3 Å². The highest BCUT2D eigenvalue weighted by atomic mass is 16.5. The molecule has 6 nitrogen and oxygen atoms in total. The van der Waals surface area contributed by atoms with Crippen LogP contribution in [-0.2, 0) is 6.54 Å². The third-order valence-electron chi connectivity index (χ3n) is 2.51. The minimum atomic E-state index is 0.317. The average molecular weight is 255 g/mol. The van der Waals surface area contributed by atoms with E-state index >= 15 is 0 Å². The van der Waals surface area contributed by atoms with Crippen molar-refractivity contribution in [3.05, 3.63) is 41.7 Å². The maximum absolute atomic E-state index is 8.76. The summed E-state index contributed by atoms with van der Waals surface area (Å²) in [6.07, 6.45) is 1.53. The maximum Gasteiger partial charge on any atom is 0.224 e. The molecule has 0 aliphatic rings. The van der Waals surface area contributed by atoms with Gasteiger partial charge in [-0.2, -0.15) is 5.26 Å². The van der Waals surface area contributed by atoms with Gasteiger partial charge in [0.05, 0.1) is 7.11 Å². The van der Waals surface area contributed by atoms with Gasteiger partial charge < -0.3 is 15.8 Å². The number of hydrogen-bond acceptors (Lipinski definition) is 6. The van der Waals surface area contributed by atoms with Gasteiger partial charge in [-0.15, -0.1) is 0 Å². The minimum Gasteiger partial charge on any atom is -0.496 e. The lowest BCUT2D eigenvalue weighted by Crippen LogP contribution is -2.06. The Bertz CT molecular complexity index is 621. The first kappa shape index (κ1) is 12.6. The Labute approximate surface area is 110 Å². The van der Waals surface area contributed by atoms with Gasteiger partial charge in [0.25, 0.3) is 0 Å². The zero-order chi connectivity index (χ0) is 13.7. The van der Waals surface area contributed by atoms with Gasteiger partial charge in [0, 0.05) is 24.0 Å². The molecular weight excluding hydrogens is 242 g/mol. The smallest absolute Gasteiger partial charge is 0.224 e. The van der Waals surface area contributed by atoms with Crippen LogP contribution in [0.25, 0.3) is 0 Å². The molecule has 0 saturated carbocycles. The number of nitrogens with two attached hydrogens (primary N) is 1. The summed E-state index contributed by atoms with van der Waals surface area (Å²) in [5, 5.41) is 11.8. The van der Waals surface area contributed by atoms with Crippen molar-refractivity contribution in [2.75, 3.05) is 18.2 Å². The van der Waals surface area contributed by atoms with Gasteiger partial charge in [0.15, 0.2) is 0 Å². The quantitative estimate of drug-likeness (QED) is 0.804. The van der Waals surface area contributed by atoms with Crippen molar-refractivity contribution in [2.45, 2.75) is 6.54 Å². The van der Waals surface area contributed by atoms with Crippen LogP contribution in [0.2, 0.25) is 0 Å². The van der Waals surface area contributed by atoms with Crippen LogP contribution in [0.1, 0.15) is 11.3 Å². The fourth-order valence-electron chi connectivity index (χ4n) is 1.62. The summed E-state index contributed by atoms with van der Waals surface area (Å²) in [5.41, 5.74) is 7.61. The summed E-state index contributed by atoms with van der Waals surface area (Å²) >= 11 is 0. The van der Waals surface area contributed by atoms with Crippen molar-refractivity contribution in [1.29, 1.82) is 5.26 Å². The van der Waals surface area contributed by atoms with Crippen LogP contribution in [0.15, 0.2) is 30.5 Å². The van der Waals surface area contributed by atoms with E-state index in [0.29, 0.717) is 23.9 Å². The number of ether oxygens (including phenoxy) is 1. The summed E-state index contributed by atoms with van der Waals surface area (Å²) in [7, 11) is 1.60. The topological polar surface area (TPSA) is 96.9 Å². The lowest BCUT2D eigenvalue weighted by molar-refractivity contribution is 0.410. The van der Waals surface area contributed by atoms with Crippen molar-refractivity contribution in [1.82, 2.24) is 9.97 Å². The Morgan fingerprint density at radius 2 is 2.26 bits per heavy atom. The maximum atomic E-state index is 8.76. The Kier molecular flexibility index (Phi) is 3.78. The third kappa shape index (κ3) is 3.10. The highest BCUT2D eigenvalue weighted by Gasteiger charge is 2.04. The molecular formula is C13H13N5O. The fourth-order valence-corrected chi connectivity index (χ4v) is 1.62. The highest BCUT2D eigenvalue weighted by Crippen LogP contribution is 2.21. The molecule has 0 amide bonds. The monoisotopic (exact) mass is 255 g/mol. The van der Waals surface area contributed by atoms with E-state index in [0.717, 1.165) is 11.3 Å². The van der Waals surface area contributed by atoms with E-state index in [1.54, 1.807) is 25.3 Å². The minimum absolute atomic E-state index is 0.317. The lowest BCUT2D eigenvalue weighted by Gasteiger charge is -2.10. The summed E-state index contributed by atoms with van der Waals surface area (Å²) in [5.74, 6) is 1.13. The molecule has 1 aromatic carbocycles. The largest absolute Gasteiger partial charge is 0.496 e. The first-order chi connectivity index (χ1) is 9.22. The van der Waals surface area contributed by atoms with Crippen LogP contribution >= 0.6 is 0 Å². The van der Waals surface area contributed by atoms with E-state index in [9.17, 15) is 0 Å². The number of rotatable bonds is 4. The Balaban J connectivity index is 2.14. The molecule has 0 bridgehead atoms. The lowest BCUT2D eigenvalue weighted by atomic mass is 10.2. The highest BCUT2D eigenvalue weighted by molar-refractivity contribution is 5.49. The SMILES string of the molecule is COc1ccc(N)cc1CNc1nccc(C#N)n1. The van der Waals surface area contributed by atoms with Gasteiger partial charge in [0.2, 0.25) is 5.95 Å². The summed E-state index contributed by atoms with van der Waals surface area (Å²) < 4.78 is 5.24. The van der Waals surface area contributed by atoms with Crippen LogP contribution in [-0.4, -0.2) is 17.1 Å². The zero-order valence-electron chi connectivity index (χ0n) is 10.4. The molecule has 0 saturated heterocycles. The predicted octanol–water partition coefficient (Wildman–Crippen LogP) is 1.55. The van der Waals surface area contributed by atoms with E-state index in [1.165, 1.54) is 6.20 Å². The first-order valence-corrected chi connectivity index (χ1v) is 5.62. The number of benzene rings is 1. The van der Waals surface area contributed by atoms with E-state index in [4.69, 9.17) is 15.7 Å². The number of nitrogens with zero attached hydrogens (tertiary/aromatic N) is 3. The van der Waals surface area contributed by atoms with E-state index < -0.39 is 0 Å². The second kappa shape index (κ2) is 5.69. The summed E-state index contributed by atoms with van der Waals surface area (Å²) in [6.45, 7) is 0.461. The normalized spacial score (nSPS) is 9.68. The molecule has 0 aliphatic carbocycles. The first-order valence-electron chi connectivity index (χ1n) is 5.62. The van der Waals surface area contributed by atoms with Gasteiger partial charge in [-0.3, -0.25) is 0 Å². The molecule has 0 atom stereocenters. The van der Waals surface area contributed by atoms with Crippen molar-refractivity contribution in [3.8, 4) is 11.8 Å². The Morgan fingerprint density at radius 1 is 1.42 bits per heavy atom. The molecule has 2 rings (SSSR count). The van der Waals surface area contributed by atoms with Gasteiger partial charge >= 0.3 is 0 Å². The molecule has 2 aromatic rings. The second-order valence-electron chi connectivity index (χ2n) is 3.80. The number of nitriles is 1. The second-order valence-corrected chi connectivity index (χ2v) is 3.80. The third-order valence-corrected chi connectivity index (χ3v) is 2.51. The number of methoxy groups -OCH3 is 1. The molecule has 6 heteroatoms. The molecule has 0 radical (unpaired) electrons. The van der Waals surface area contributed by atoms with Crippen molar-refractivity contribution < 1.29 is 4.74 Å². The van der Waals surface area contributed by atoms with Crippen molar-refractivity contribution in [2.24, 2.45) is 0 Å². The molecule has 3 N–H and O–H groups in total. The number of nitrogens with one attached hydrogen (secondary N) is 1. The number of nitrogen functional groups attached to an aromatic ring is 1. The van der Waals surface area contributed by atoms with Crippen LogP contribution in [0.3, 0.4) is 0 Å². The van der Waals surface area contributed by atoms with Gasteiger partial charge in [0.1, 0.15) is 17.5 Å². The standard InChI is InChI=1S/C13H13N5O/c1-19-12-3-2-10(15)6-9(12)8-17-13-16-5-4-11(7-14)18-13/h2-6H,8,15H2,1H3,(H,16,17,18). The molecule has 19 heavy (non-hydrogen) atoms. The van der Waals surface area contributed by atoms with Crippen LogP contribution in [0.5, 0.6) is 5.75 Å². The molecule has 0 spiro atoms.